The molecule has 0 saturated carbocycles. The fourth-order valence-electron chi connectivity index (χ4n) is 2.59. The Kier molecular flexibility index (Phi) is 12.0. The highest BCUT2D eigenvalue weighted by Crippen LogP contribution is 2.12. The van der Waals surface area contributed by atoms with Crippen molar-refractivity contribution in [2.24, 2.45) is 5.73 Å². The second kappa shape index (κ2) is 13.9. The van der Waals surface area contributed by atoms with Crippen molar-refractivity contribution in [3.63, 3.8) is 0 Å². The van der Waals surface area contributed by atoms with Crippen molar-refractivity contribution in [3.05, 3.63) is 29.8 Å². The molecule has 7 N–H and O–H groups in total. The van der Waals surface area contributed by atoms with Gasteiger partial charge in [0.25, 0.3) is 0 Å². The number of hydrogen-bond donors (Lipinski definition) is 7. The Morgan fingerprint density at radius 1 is 1.03 bits per heavy atom. The van der Waals surface area contributed by atoms with Crippen LogP contribution >= 0.6 is 24.4 Å². The predicted octanol–water partition coefficient (Wildman–Crippen LogP) is -0.496. The Balaban J connectivity index is 2.90. The van der Waals surface area contributed by atoms with Crippen molar-refractivity contribution >= 4 is 48.1 Å². The number of nitrogens with one attached hydrogen (secondary N) is 3. The standard InChI is InChI=1S/C20H30N4O6S2/c1-11(17(26)24-16(10-31)20(29)30)22-19(28)15(9-12-3-5-13(25)6-4-12)23-18(27)14(21)7-8-32-2/h3-6,11,14-16,25,31H,7-10,21H2,1-2H3,(H,22,28)(H,23,27)(H,24,26)(H,29,30). The highest BCUT2D eigenvalue weighted by Gasteiger charge is 2.28. The summed E-state index contributed by atoms with van der Waals surface area (Å²) < 4.78 is 0. The number of phenols is 1. The number of amides is 3. The minimum Gasteiger partial charge on any atom is -0.508 e. The van der Waals surface area contributed by atoms with Gasteiger partial charge in [-0.1, -0.05) is 12.1 Å². The molecule has 12 heteroatoms. The Labute approximate surface area is 196 Å². The Morgan fingerprint density at radius 3 is 2.16 bits per heavy atom. The SMILES string of the molecule is CSCCC(N)C(=O)NC(Cc1ccc(O)cc1)C(=O)NC(C)C(=O)NC(CS)C(=O)O. The van der Waals surface area contributed by atoms with Gasteiger partial charge in [0.2, 0.25) is 17.7 Å². The minimum absolute atomic E-state index is 0.0559. The molecule has 0 heterocycles. The molecule has 1 aromatic carbocycles. The number of aliphatic carboxylic acids is 1. The maximum Gasteiger partial charge on any atom is 0.327 e. The number of carbonyl (C=O) groups is 4. The Hall–Kier alpha value is -2.44. The molecule has 10 nitrogen and oxygen atoms in total. The number of rotatable bonds is 13. The van der Waals surface area contributed by atoms with E-state index in [2.05, 4.69) is 28.6 Å². The van der Waals surface area contributed by atoms with Crippen LogP contribution in [0.15, 0.2) is 24.3 Å². The van der Waals surface area contributed by atoms with Gasteiger partial charge in [0.05, 0.1) is 6.04 Å². The van der Waals surface area contributed by atoms with Gasteiger partial charge in [0.1, 0.15) is 23.9 Å². The van der Waals surface area contributed by atoms with Crippen LogP contribution in [-0.4, -0.2) is 75.8 Å². The van der Waals surface area contributed by atoms with E-state index in [0.717, 1.165) is 0 Å². The first-order valence-electron chi connectivity index (χ1n) is 9.86. The lowest BCUT2D eigenvalue weighted by molar-refractivity contribution is -0.141. The summed E-state index contributed by atoms with van der Waals surface area (Å²) in [6, 6.07) is 2.02. The van der Waals surface area contributed by atoms with E-state index in [9.17, 15) is 24.3 Å². The molecule has 32 heavy (non-hydrogen) atoms. The average molecular weight is 487 g/mol. The molecule has 0 aliphatic rings. The van der Waals surface area contributed by atoms with E-state index in [1.807, 2.05) is 6.26 Å². The molecule has 0 radical (unpaired) electrons. The molecular weight excluding hydrogens is 456 g/mol. The molecule has 3 amide bonds. The number of benzene rings is 1. The van der Waals surface area contributed by atoms with E-state index in [1.54, 1.807) is 23.9 Å². The summed E-state index contributed by atoms with van der Waals surface area (Å²) in [5.74, 6) is -2.47. The van der Waals surface area contributed by atoms with Crippen LogP contribution in [-0.2, 0) is 25.6 Å². The predicted molar refractivity (Wildman–Crippen MR) is 126 cm³/mol. The first-order valence-corrected chi connectivity index (χ1v) is 11.9. The van der Waals surface area contributed by atoms with Crippen LogP contribution in [0.1, 0.15) is 18.9 Å². The van der Waals surface area contributed by atoms with E-state index in [1.165, 1.54) is 19.1 Å². The lowest BCUT2D eigenvalue weighted by Gasteiger charge is -2.23. The molecule has 178 valence electrons. The largest absolute Gasteiger partial charge is 0.508 e. The highest BCUT2D eigenvalue weighted by atomic mass is 32.2. The quantitative estimate of drug-likeness (QED) is 0.183. The number of nitrogens with two attached hydrogens (primary N) is 1. The number of aromatic hydroxyl groups is 1. The molecule has 0 fully saturated rings. The van der Waals surface area contributed by atoms with E-state index in [4.69, 9.17) is 10.8 Å². The zero-order valence-electron chi connectivity index (χ0n) is 17.9. The Bertz CT molecular complexity index is 793. The molecule has 1 aromatic rings. The summed E-state index contributed by atoms with van der Waals surface area (Å²) in [5, 5.41) is 25.9. The number of thiol groups is 1. The average Bonchev–Trinajstić information content (AvgIpc) is 2.75. The third-order valence-electron chi connectivity index (χ3n) is 4.53. The van der Waals surface area contributed by atoms with Crippen molar-refractivity contribution < 1.29 is 29.4 Å². The second-order valence-corrected chi connectivity index (χ2v) is 8.48. The molecule has 0 spiro atoms. The maximum atomic E-state index is 12.9. The molecule has 0 aromatic heterocycles. The summed E-state index contributed by atoms with van der Waals surface area (Å²) in [4.78, 5) is 48.7. The third-order valence-corrected chi connectivity index (χ3v) is 5.54. The van der Waals surface area contributed by atoms with Crippen molar-refractivity contribution in [1.82, 2.24) is 16.0 Å². The topological polar surface area (TPSA) is 171 Å². The van der Waals surface area contributed by atoms with Gasteiger partial charge in [-0.25, -0.2) is 4.79 Å². The number of carbonyl (C=O) groups excluding carboxylic acids is 3. The first-order chi connectivity index (χ1) is 15.1. The monoisotopic (exact) mass is 486 g/mol. The van der Waals surface area contributed by atoms with Crippen LogP contribution in [0.4, 0.5) is 0 Å². The Morgan fingerprint density at radius 2 is 1.62 bits per heavy atom. The van der Waals surface area contributed by atoms with Crippen molar-refractivity contribution in [1.29, 1.82) is 0 Å². The molecule has 4 unspecified atom stereocenters. The smallest absolute Gasteiger partial charge is 0.327 e. The second-order valence-electron chi connectivity index (χ2n) is 7.13. The van der Waals surface area contributed by atoms with Gasteiger partial charge < -0.3 is 31.9 Å². The van der Waals surface area contributed by atoms with Crippen molar-refractivity contribution in [2.75, 3.05) is 17.8 Å². The van der Waals surface area contributed by atoms with Crippen molar-refractivity contribution in [2.45, 2.75) is 43.9 Å². The molecule has 1 rings (SSSR count). The summed E-state index contributed by atoms with van der Waals surface area (Å²) in [6.07, 6.45) is 2.41. The summed E-state index contributed by atoms with van der Waals surface area (Å²) >= 11 is 5.42. The van der Waals surface area contributed by atoms with Crippen LogP contribution in [0.5, 0.6) is 5.75 Å². The van der Waals surface area contributed by atoms with Gasteiger partial charge in [-0.05, 0) is 43.0 Å². The lowest BCUT2D eigenvalue weighted by Crippen LogP contribution is -2.57. The van der Waals surface area contributed by atoms with Gasteiger partial charge in [0, 0.05) is 12.2 Å². The van der Waals surface area contributed by atoms with Crippen molar-refractivity contribution in [3.8, 4) is 5.75 Å². The van der Waals surface area contributed by atoms with Gasteiger partial charge >= 0.3 is 5.97 Å². The number of carboxylic acid groups (broad SMARTS) is 1. The van der Waals surface area contributed by atoms with Crippen LogP contribution in [0, 0.1) is 0 Å². The van der Waals surface area contributed by atoms with Gasteiger partial charge in [-0.3, -0.25) is 14.4 Å². The van der Waals surface area contributed by atoms with Crippen LogP contribution in [0.3, 0.4) is 0 Å². The maximum absolute atomic E-state index is 12.9. The lowest BCUT2D eigenvalue weighted by atomic mass is 10.0. The van der Waals surface area contributed by atoms with E-state index >= 15 is 0 Å². The normalized spacial score (nSPS) is 14.5. The number of phenolic OH excluding ortho intramolecular Hbond substituents is 1. The van der Waals surface area contributed by atoms with Gasteiger partial charge in [-0.2, -0.15) is 24.4 Å². The van der Waals surface area contributed by atoms with Crippen LogP contribution in [0.25, 0.3) is 0 Å². The third kappa shape index (κ3) is 9.37. The number of hydrogen-bond acceptors (Lipinski definition) is 8. The van der Waals surface area contributed by atoms with Gasteiger partial charge in [-0.15, -0.1) is 0 Å². The zero-order chi connectivity index (χ0) is 24.3. The number of thioether (sulfide) groups is 1. The molecule has 0 bridgehead atoms. The van der Waals surface area contributed by atoms with E-state index < -0.39 is 47.9 Å². The highest BCUT2D eigenvalue weighted by molar-refractivity contribution is 7.98. The minimum atomic E-state index is -1.25. The van der Waals surface area contributed by atoms with Crippen LogP contribution < -0.4 is 21.7 Å². The van der Waals surface area contributed by atoms with Gasteiger partial charge in [0.15, 0.2) is 0 Å². The van der Waals surface area contributed by atoms with E-state index in [0.29, 0.717) is 17.7 Å². The molecule has 0 aliphatic heterocycles. The van der Waals surface area contributed by atoms with Crippen LogP contribution in [0.2, 0.25) is 0 Å². The van der Waals surface area contributed by atoms with E-state index in [-0.39, 0.29) is 17.9 Å². The molecule has 0 saturated heterocycles. The summed E-state index contributed by atoms with van der Waals surface area (Å²) in [7, 11) is 0. The summed E-state index contributed by atoms with van der Waals surface area (Å²) in [5.41, 5.74) is 6.56. The molecular formula is C20H30N4O6S2. The zero-order valence-corrected chi connectivity index (χ0v) is 19.6. The fourth-order valence-corrected chi connectivity index (χ4v) is 3.33. The molecule has 4 atom stereocenters. The number of carboxylic acids is 1. The fraction of sp³-hybridized carbons (Fsp3) is 0.500. The summed E-state index contributed by atoms with van der Waals surface area (Å²) in [6.45, 7) is 1.40. The molecule has 0 aliphatic carbocycles. The first kappa shape index (κ1) is 27.6.